The van der Waals surface area contributed by atoms with E-state index in [0.717, 1.165) is 0 Å². The van der Waals surface area contributed by atoms with Crippen LogP contribution in [0.4, 0.5) is 0 Å². The van der Waals surface area contributed by atoms with Crippen LogP contribution in [0.3, 0.4) is 0 Å². The van der Waals surface area contributed by atoms with Gasteiger partial charge in [-0.1, -0.05) is 24.3 Å². The van der Waals surface area contributed by atoms with Crippen LogP contribution in [0.25, 0.3) is 10.8 Å². The molecule has 0 aliphatic carbocycles. The summed E-state index contributed by atoms with van der Waals surface area (Å²) in [5, 5.41) is 10.1. The number of benzene rings is 2. The third-order valence-corrected chi connectivity index (χ3v) is 3.33. The molecule has 25 heavy (non-hydrogen) atoms. The number of carbonyl (C=O) groups excluding carboxylic acids is 1. The van der Waals surface area contributed by atoms with Crippen molar-refractivity contribution in [1.29, 1.82) is 0 Å². The van der Waals surface area contributed by atoms with Crippen molar-refractivity contribution in [3.05, 3.63) is 52.1 Å². The van der Waals surface area contributed by atoms with Crippen LogP contribution in [-0.2, 0) is 14.4 Å². The highest BCUT2D eigenvalue weighted by Crippen LogP contribution is 2.25. The van der Waals surface area contributed by atoms with Gasteiger partial charge in [-0.2, -0.15) is 0 Å². The van der Waals surface area contributed by atoms with Crippen LogP contribution in [0.5, 0.6) is 5.75 Å². The number of carbonyl (C=O) groups is 1. The summed E-state index contributed by atoms with van der Waals surface area (Å²) in [4.78, 5) is 26.7. The SMILES string of the molecule is [2H]C([2H])([2H])Oc1ccc2cc([C@@H](C(=O)OCCCC([2H])([2H])O[N+](=O)[O-])C([2H])([2H])[2H])ccc2c1. The first-order valence-corrected chi connectivity index (χ1v) is 7.30. The zero-order valence-corrected chi connectivity index (χ0v) is 13.1. The van der Waals surface area contributed by atoms with Crippen LogP contribution in [0, 0.1) is 10.1 Å². The normalized spacial score (nSPS) is 18.1. The molecule has 0 aliphatic rings. The predicted octanol–water partition coefficient (Wildman–Crippen LogP) is 3.48. The van der Waals surface area contributed by atoms with Crippen molar-refractivity contribution in [2.24, 2.45) is 0 Å². The number of fused-ring (bicyclic) bond motifs is 1. The number of nitrogens with zero attached hydrogens (tertiary/aromatic N) is 1. The molecule has 0 saturated carbocycles. The Morgan fingerprint density at radius 3 is 2.84 bits per heavy atom. The van der Waals surface area contributed by atoms with E-state index in [4.69, 9.17) is 20.4 Å². The third kappa shape index (κ3) is 5.34. The molecule has 0 spiro atoms. The van der Waals surface area contributed by atoms with Gasteiger partial charge in [0.15, 0.2) is 0 Å². The minimum Gasteiger partial charge on any atom is -0.497 e. The number of methoxy groups -OCH3 is 1. The van der Waals surface area contributed by atoms with Gasteiger partial charge in [-0.05, 0) is 48.2 Å². The molecule has 0 fully saturated rings. The molecule has 0 saturated heterocycles. The molecule has 2 rings (SSSR count). The lowest BCUT2D eigenvalue weighted by Crippen LogP contribution is -2.14. The van der Waals surface area contributed by atoms with Gasteiger partial charge in [0.25, 0.3) is 5.09 Å². The Hall–Kier alpha value is -2.83. The molecular weight excluding hydrogens is 326 g/mol. The molecule has 0 heterocycles. The molecule has 134 valence electrons. The summed E-state index contributed by atoms with van der Waals surface area (Å²) in [6.07, 6.45) is -0.583. The predicted molar refractivity (Wildman–Crippen MR) is 92.1 cm³/mol. The number of esters is 1. The van der Waals surface area contributed by atoms with E-state index in [1.807, 2.05) is 0 Å². The maximum Gasteiger partial charge on any atom is 0.313 e. The summed E-state index contributed by atoms with van der Waals surface area (Å²) in [7, 11) is -2.63. The molecule has 2 aromatic carbocycles. The summed E-state index contributed by atoms with van der Waals surface area (Å²) in [5.74, 6) is -2.59. The van der Waals surface area contributed by atoms with Gasteiger partial charge in [0.1, 0.15) is 5.75 Å². The molecule has 0 unspecified atom stereocenters. The van der Waals surface area contributed by atoms with Crippen LogP contribution in [0.1, 0.15) is 42.1 Å². The number of hydrogen-bond acceptors (Lipinski definition) is 6. The van der Waals surface area contributed by atoms with E-state index < -0.39 is 43.8 Å². The smallest absolute Gasteiger partial charge is 0.313 e. The molecule has 0 aliphatic heterocycles. The highest BCUT2D eigenvalue weighted by molar-refractivity contribution is 5.86. The molecule has 0 amide bonds. The Bertz CT molecular complexity index is 1010. The number of hydrogen-bond donors (Lipinski definition) is 0. The van der Waals surface area contributed by atoms with E-state index in [2.05, 4.69) is 4.84 Å². The van der Waals surface area contributed by atoms with Gasteiger partial charge < -0.3 is 14.3 Å². The van der Waals surface area contributed by atoms with Crippen LogP contribution in [0.2, 0.25) is 0 Å². The quantitative estimate of drug-likeness (QED) is 0.296. The molecule has 0 bridgehead atoms. The van der Waals surface area contributed by atoms with Gasteiger partial charge in [-0.3, -0.25) is 4.79 Å². The summed E-state index contributed by atoms with van der Waals surface area (Å²) in [5.41, 5.74) is 0.143. The molecule has 7 nitrogen and oxygen atoms in total. The molecule has 2 aromatic rings. The standard InChI is InChI=1S/C18H21NO6/c1-13(18(20)24-9-3-4-10-25-19(21)22)14-5-6-16-12-17(23-2)8-7-15(16)11-14/h5-8,11-13H,3-4,9-10H2,1-2H3/t13-/m0/s1/i1D3,2D3,10D2. The maximum atomic E-state index is 12.5. The zero-order valence-electron chi connectivity index (χ0n) is 21.1. The molecule has 1 atom stereocenters. The van der Waals surface area contributed by atoms with Gasteiger partial charge in [0, 0.05) is 4.11 Å². The van der Waals surface area contributed by atoms with Crippen molar-refractivity contribution < 1.29 is 35.2 Å². The second kappa shape index (κ2) is 8.86. The van der Waals surface area contributed by atoms with Gasteiger partial charge >= 0.3 is 5.97 Å². The first-order valence-electron chi connectivity index (χ1n) is 11.3. The van der Waals surface area contributed by atoms with Crippen LogP contribution >= 0.6 is 0 Å². The number of ether oxygens (including phenoxy) is 2. The second-order valence-corrected chi connectivity index (χ2v) is 5.03. The Morgan fingerprint density at radius 1 is 1.28 bits per heavy atom. The Morgan fingerprint density at radius 2 is 2.08 bits per heavy atom. The second-order valence-electron chi connectivity index (χ2n) is 5.03. The Labute approximate surface area is 156 Å². The monoisotopic (exact) mass is 355 g/mol. The van der Waals surface area contributed by atoms with E-state index in [9.17, 15) is 14.9 Å². The van der Waals surface area contributed by atoms with Gasteiger partial charge in [0.05, 0.1) is 33.0 Å². The first-order chi connectivity index (χ1) is 15.1. The highest BCUT2D eigenvalue weighted by Gasteiger charge is 2.17. The maximum absolute atomic E-state index is 12.5. The molecule has 0 radical (unpaired) electrons. The minimum absolute atomic E-state index is 0.1000. The lowest BCUT2D eigenvalue weighted by atomic mass is 9.98. The average molecular weight is 355 g/mol. The molecule has 0 aromatic heterocycles. The average Bonchev–Trinajstić information content (AvgIpc) is 2.62. The molecule has 7 heteroatoms. The summed E-state index contributed by atoms with van der Waals surface area (Å²) < 4.78 is 69.2. The van der Waals surface area contributed by atoms with E-state index in [1.165, 1.54) is 36.4 Å². The van der Waals surface area contributed by atoms with Crippen LogP contribution in [-0.4, -0.2) is 31.3 Å². The van der Waals surface area contributed by atoms with Gasteiger partial charge in [-0.15, -0.1) is 10.1 Å². The van der Waals surface area contributed by atoms with Gasteiger partial charge in [-0.25, -0.2) is 0 Å². The lowest BCUT2D eigenvalue weighted by molar-refractivity contribution is -0.757. The van der Waals surface area contributed by atoms with Crippen molar-refractivity contribution in [2.75, 3.05) is 20.2 Å². The summed E-state index contributed by atoms with van der Waals surface area (Å²) in [6.45, 7) is -5.69. The molecule has 0 N–H and O–H groups in total. The fourth-order valence-electron chi connectivity index (χ4n) is 2.12. The van der Waals surface area contributed by atoms with E-state index in [0.29, 0.717) is 10.8 Å². The van der Waals surface area contributed by atoms with Crippen molar-refractivity contribution >= 4 is 16.7 Å². The molecular formula is C18H21NO6. The van der Waals surface area contributed by atoms with E-state index >= 15 is 0 Å². The first kappa shape index (κ1) is 10.2. The summed E-state index contributed by atoms with van der Waals surface area (Å²) >= 11 is 0. The van der Waals surface area contributed by atoms with Crippen LogP contribution in [0.15, 0.2) is 36.4 Å². The third-order valence-electron chi connectivity index (χ3n) is 3.33. The minimum atomic E-state index is -2.75. The zero-order chi connectivity index (χ0) is 25.0. The topological polar surface area (TPSA) is 87.9 Å². The van der Waals surface area contributed by atoms with Crippen molar-refractivity contribution in [3.63, 3.8) is 0 Å². The fourth-order valence-corrected chi connectivity index (χ4v) is 2.12. The van der Waals surface area contributed by atoms with E-state index in [1.54, 1.807) is 0 Å². The van der Waals surface area contributed by atoms with E-state index in [-0.39, 0.29) is 24.3 Å². The van der Waals surface area contributed by atoms with Crippen LogP contribution < -0.4 is 4.74 Å². The van der Waals surface area contributed by atoms with Gasteiger partial charge in [0.2, 0.25) is 0 Å². The Balaban J connectivity index is 2.14. The fraction of sp³-hybridized carbons (Fsp3) is 0.389. The summed E-state index contributed by atoms with van der Waals surface area (Å²) in [6, 6.07) is 8.79. The van der Waals surface area contributed by atoms with Crippen molar-refractivity contribution in [3.8, 4) is 5.75 Å². The van der Waals surface area contributed by atoms with Crippen molar-refractivity contribution in [1.82, 2.24) is 0 Å². The Kier molecular flexibility index (Phi) is 3.63. The highest BCUT2D eigenvalue weighted by atomic mass is 16.9. The largest absolute Gasteiger partial charge is 0.497 e. The van der Waals surface area contributed by atoms with Crippen molar-refractivity contribution in [2.45, 2.75) is 25.6 Å². The number of rotatable bonds is 9. The lowest BCUT2D eigenvalue weighted by Gasteiger charge is -2.13.